The standard InChI is InChI=1S/C26H15N5O3/c32-26-20-19(15-10-12-27-13-11-15)21-24-29-23(16-6-2-1-3-7-16)30-31(24)14-28-25(21)34-22(20)17-8-4-5-9-18(17)33-26/h1-14,19H. The van der Waals surface area contributed by atoms with Gasteiger partial charge in [-0.15, -0.1) is 5.10 Å². The number of fused-ring (bicyclic) bond motifs is 6. The zero-order valence-electron chi connectivity index (χ0n) is 17.6. The number of nitrogens with zero attached hydrogens (tertiary/aromatic N) is 5. The van der Waals surface area contributed by atoms with E-state index in [0.29, 0.717) is 45.2 Å². The van der Waals surface area contributed by atoms with Crippen LogP contribution in [0.3, 0.4) is 0 Å². The summed E-state index contributed by atoms with van der Waals surface area (Å²) in [7, 11) is 0. The second-order valence-electron chi connectivity index (χ2n) is 7.98. The lowest BCUT2D eigenvalue weighted by atomic mass is 9.84. The van der Waals surface area contributed by atoms with Crippen LogP contribution in [0.2, 0.25) is 0 Å². The van der Waals surface area contributed by atoms with Crippen LogP contribution in [0.4, 0.5) is 0 Å². The average Bonchev–Trinajstić information content (AvgIpc) is 3.33. The fourth-order valence-electron chi connectivity index (χ4n) is 4.53. The zero-order chi connectivity index (χ0) is 22.6. The first-order chi connectivity index (χ1) is 16.8. The monoisotopic (exact) mass is 445 g/mol. The minimum Gasteiger partial charge on any atom is -0.437 e. The van der Waals surface area contributed by atoms with Gasteiger partial charge in [-0.2, -0.15) is 0 Å². The van der Waals surface area contributed by atoms with E-state index in [0.717, 1.165) is 11.1 Å². The van der Waals surface area contributed by atoms with Crippen molar-refractivity contribution in [2.75, 3.05) is 0 Å². The third-order valence-electron chi connectivity index (χ3n) is 6.03. The minimum atomic E-state index is -0.522. The third kappa shape index (κ3) is 2.69. The lowest BCUT2D eigenvalue weighted by molar-refractivity contribution is 0.422. The Morgan fingerprint density at radius 2 is 1.68 bits per heavy atom. The molecular formula is C26H15N5O3. The van der Waals surface area contributed by atoms with Crippen LogP contribution < -0.4 is 10.4 Å². The Kier molecular flexibility index (Phi) is 3.89. The van der Waals surface area contributed by atoms with Crippen molar-refractivity contribution < 1.29 is 9.15 Å². The largest absolute Gasteiger partial charge is 0.437 e. The molecule has 5 heterocycles. The van der Waals surface area contributed by atoms with Crippen molar-refractivity contribution in [1.29, 1.82) is 0 Å². The van der Waals surface area contributed by atoms with Gasteiger partial charge in [0, 0.05) is 18.0 Å². The molecule has 0 fully saturated rings. The van der Waals surface area contributed by atoms with E-state index in [1.165, 1.54) is 0 Å². The summed E-state index contributed by atoms with van der Waals surface area (Å²) in [5.74, 6) is 0.859. The van der Waals surface area contributed by atoms with Crippen molar-refractivity contribution >= 4 is 16.6 Å². The summed E-state index contributed by atoms with van der Waals surface area (Å²) >= 11 is 0. The van der Waals surface area contributed by atoms with Gasteiger partial charge in [0.25, 0.3) is 0 Å². The van der Waals surface area contributed by atoms with Gasteiger partial charge in [0.2, 0.25) is 5.88 Å². The Balaban J connectivity index is 1.56. The van der Waals surface area contributed by atoms with Gasteiger partial charge in [0.15, 0.2) is 17.2 Å². The van der Waals surface area contributed by atoms with Crippen molar-refractivity contribution in [1.82, 2.24) is 24.6 Å². The van der Waals surface area contributed by atoms with Gasteiger partial charge in [-0.1, -0.05) is 42.5 Å². The van der Waals surface area contributed by atoms with Crippen LogP contribution in [-0.4, -0.2) is 24.6 Å². The number of hydrogen-bond acceptors (Lipinski definition) is 7. The first kappa shape index (κ1) is 18.7. The quantitative estimate of drug-likeness (QED) is 0.360. The predicted molar refractivity (Wildman–Crippen MR) is 124 cm³/mol. The van der Waals surface area contributed by atoms with Crippen LogP contribution in [-0.2, 0) is 0 Å². The van der Waals surface area contributed by atoms with E-state index in [2.05, 4.69) is 15.1 Å². The first-order valence-corrected chi connectivity index (χ1v) is 10.7. The maximum absolute atomic E-state index is 13.3. The summed E-state index contributed by atoms with van der Waals surface area (Å²) in [5, 5.41) is 5.32. The highest BCUT2D eigenvalue weighted by molar-refractivity contribution is 5.86. The number of para-hydroxylation sites is 1. The summed E-state index contributed by atoms with van der Waals surface area (Å²) in [6, 6.07) is 20.8. The first-order valence-electron chi connectivity index (χ1n) is 10.7. The van der Waals surface area contributed by atoms with Crippen molar-refractivity contribution in [2.24, 2.45) is 0 Å². The normalized spacial score (nSPS) is 14.5. The van der Waals surface area contributed by atoms with E-state index in [4.69, 9.17) is 14.1 Å². The highest BCUT2D eigenvalue weighted by atomic mass is 16.5. The van der Waals surface area contributed by atoms with Gasteiger partial charge in [-0.3, -0.25) is 4.98 Å². The lowest BCUT2D eigenvalue weighted by Gasteiger charge is -2.27. The summed E-state index contributed by atoms with van der Waals surface area (Å²) in [6.07, 6.45) is 4.97. The van der Waals surface area contributed by atoms with Gasteiger partial charge < -0.3 is 9.15 Å². The molecule has 8 heteroatoms. The number of pyridine rings is 1. The molecule has 0 aliphatic carbocycles. The molecular weight excluding hydrogens is 430 g/mol. The molecule has 0 N–H and O–H groups in total. The fraction of sp³-hybridized carbons (Fsp3) is 0.0385. The highest BCUT2D eigenvalue weighted by Gasteiger charge is 2.37. The van der Waals surface area contributed by atoms with E-state index in [1.807, 2.05) is 60.7 Å². The molecule has 162 valence electrons. The number of rotatable bonds is 2. The molecule has 34 heavy (non-hydrogen) atoms. The second-order valence-corrected chi connectivity index (χ2v) is 7.98. The molecule has 1 aliphatic rings. The van der Waals surface area contributed by atoms with Crippen LogP contribution in [0.25, 0.3) is 28.0 Å². The molecule has 0 radical (unpaired) electrons. The van der Waals surface area contributed by atoms with Crippen molar-refractivity contribution in [2.45, 2.75) is 5.92 Å². The van der Waals surface area contributed by atoms with E-state index in [1.54, 1.807) is 29.3 Å². The van der Waals surface area contributed by atoms with Crippen LogP contribution in [0, 0.1) is 0 Å². The Hall–Kier alpha value is -4.85. The molecule has 6 aromatic rings. The summed E-state index contributed by atoms with van der Waals surface area (Å²) < 4.78 is 13.6. The second kappa shape index (κ2) is 7.08. The molecule has 0 spiro atoms. The smallest absolute Gasteiger partial charge is 0.344 e. The van der Waals surface area contributed by atoms with Crippen LogP contribution in [0.15, 0.2) is 94.7 Å². The molecule has 0 amide bonds. The topological polar surface area (TPSA) is 95.4 Å². The maximum atomic E-state index is 13.3. The summed E-state index contributed by atoms with van der Waals surface area (Å²) in [4.78, 5) is 26.8. The Labute approximate surface area is 192 Å². The van der Waals surface area contributed by atoms with E-state index < -0.39 is 11.5 Å². The van der Waals surface area contributed by atoms with E-state index in [-0.39, 0.29) is 0 Å². The molecule has 0 bridgehead atoms. The molecule has 0 saturated carbocycles. The molecule has 7 rings (SSSR count). The van der Waals surface area contributed by atoms with Gasteiger partial charge in [0.1, 0.15) is 11.9 Å². The van der Waals surface area contributed by atoms with Crippen molar-refractivity contribution in [3.63, 3.8) is 0 Å². The molecule has 0 saturated heterocycles. The molecule has 4 aromatic heterocycles. The summed E-state index contributed by atoms with van der Waals surface area (Å²) in [5.41, 5.74) is 3.33. The van der Waals surface area contributed by atoms with Gasteiger partial charge in [-0.05, 0) is 29.8 Å². The van der Waals surface area contributed by atoms with Crippen molar-refractivity contribution in [3.8, 4) is 23.0 Å². The minimum absolute atomic E-state index is 0.379. The van der Waals surface area contributed by atoms with Gasteiger partial charge >= 0.3 is 5.63 Å². The number of benzene rings is 2. The number of ether oxygens (including phenoxy) is 1. The van der Waals surface area contributed by atoms with E-state index >= 15 is 0 Å². The number of aromatic nitrogens is 5. The molecule has 1 aliphatic heterocycles. The highest BCUT2D eigenvalue weighted by Crippen LogP contribution is 2.48. The molecule has 8 nitrogen and oxygen atoms in total. The van der Waals surface area contributed by atoms with Crippen LogP contribution in [0.5, 0.6) is 11.6 Å². The third-order valence-corrected chi connectivity index (χ3v) is 6.03. The maximum Gasteiger partial charge on any atom is 0.344 e. The SMILES string of the molecule is O=c1oc2ccccc2c2c1C(c1ccncc1)c1c(ncn3nc(-c4ccccc4)nc13)O2. The summed E-state index contributed by atoms with van der Waals surface area (Å²) in [6.45, 7) is 0. The average molecular weight is 445 g/mol. The van der Waals surface area contributed by atoms with Crippen LogP contribution in [0.1, 0.15) is 22.6 Å². The molecule has 1 atom stereocenters. The molecule has 2 aromatic carbocycles. The Morgan fingerprint density at radius 1 is 0.882 bits per heavy atom. The van der Waals surface area contributed by atoms with Crippen molar-refractivity contribution in [3.05, 3.63) is 113 Å². The Morgan fingerprint density at radius 3 is 2.53 bits per heavy atom. The molecule has 1 unspecified atom stereocenters. The zero-order valence-corrected chi connectivity index (χ0v) is 17.6. The number of hydrogen-bond donors (Lipinski definition) is 0. The Bertz CT molecular complexity index is 1760. The lowest BCUT2D eigenvalue weighted by Crippen LogP contribution is -2.22. The van der Waals surface area contributed by atoms with Gasteiger partial charge in [0.05, 0.1) is 22.4 Å². The van der Waals surface area contributed by atoms with Crippen LogP contribution >= 0.6 is 0 Å². The fourth-order valence-corrected chi connectivity index (χ4v) is 4.53. The van der Waals surface area contributed by atoms with E-state index in [9.17, 15) is 4.79 Å². The van der Waals surface area contributed by atoms with Gasteiger partial charge in [-0.25, -0.2) is 19.3 Å². The predicted octanol–water partition coefficient (Wildman–Crippen LogP) is 4.58.